The Labute approximate surface area is 86.1 Å². The third-order valence-corrected chi connectivity index (χ3v) is 2.08. The number of hydrogen-bond donors (Lipinski definition) is 2. The van der Waals surface area contributed by atoms with E-state index in [1.165, 1.54) is 0 Å². The largest absolute Gasteiger partial charge is 0.478 e. The first-order chi connectivity index (χ1) is 6.43. The van der Waals surface area contributed by atoms with Crippen LogP contribution in [0, 0.1) is 5.82 Å². The molecule has 0 fully saturated rings. The molecular formula is C8H4BrFO4. The maximum Gasteiger partial charge on any atom is 0.338 e. The standard InChI is InChI=1S/C8H4BrFO4/c9-5-2-3(7(11)12)1-4(6(5)10)8(13)14/h1-2H,(H,11,12)(H,13,14). The first-order valence-electron chi connectivity index (χ1n) is 3.39. The second kappa shape index (κ2) is 3.75. The Morgan fingerprint density at radius 2 is 1.79 bits per heavy atom. The van der Waals surface area contributed by atoms with Crippen LogP contribution < -0.4 is 0 Å². The smallest absolute Gasteiger partial charge is 0.338 e. The molecule has 0 aliphatic carbocycles. The van der Waals surface area contributed by atoms with E-state index < -0.39 is 23.3 Å². The van der Waals surface area contributed by atoms with E-state index in [-0.39, 0.29) is 10.0 Å². The Balaban J connectivity index is 3.43. The topological polar surface area (TPSA) is 74.6 Å². The third kappa shape index (κ3) is 1.90. The summed E-state index contributed by atoms with van der Waals surface area (Å²) in [6.07, 6.45) is 0. The molecule has 0 bridgehead atoms. The summed E-state index contributed by atoms with van der Waals surface area (Å²) in [5.41, 5.74) is -0.951. The second-order valence-electron chi connectivity index (χ2n) is 2.43. The van der Waals surface area contributed by atoms with Gasteiger partial charge in [-0.15, -0.1) is 0 Å². The van der Waals surface area contributed by atoms with Gasteiger partial charge < -0.3 is 10.2 Å². The molecule has 2 N–H and O–H groups in total. The van der Waals surface area contributed by atoms with E-state index in [0.29, 0.717) is 0 Å². The van der Waals surface area contributed by atoms with E-state index in [9.17, 15) is 14.0 Å². The maximum atomic E-state index is 13.1. The lowest BCUT2D eigenvalue weighted by Gasteiger charge is -2.01. The molecule has 0 aliphatic rings. The average molecular weight is 263 g/mol. The molecule has 0 saturated carbocycles. The van der Waals surface area contributed by atoms with Crippen LogP contribution in [0.1, 0.15) is 20.7 Å². The van der Waals surface area contributed by atoms with Crippen LogP contribution >= 0.6 is 15.9 Å². The molecule has 1 aromatic rings. The third-order valence-electron chi connectivity index (χ3n) is 1.51. The summed E-state index contributed by atoms with van der Waals surface area (Å²) in [7, 11) is 0. The van der Waals surface area contributed by atoms with Gasteiger partial charge in [0, 0.05) is 0 Å². The van der Waals surface area contributed by atoms with Crippen molar-refractivity contribution in [1.29, 1.82) is 0 Å². The van der Waals surface area contributed by atoms with Crippen LogP contribution in [0.5, 0.6) is 0 Å². The maximum absolute atomic E-state index is 13.1. The van der Waals surface area contributed by atoms with Gasteiger partial charge in [0.2, 0.25) is 0 Å². The van der Waals surface area contributed by atoms with Gasteiger partial charge in [-0.3, -0.25) is 0 Å². The summed E-state index contributed by atoms with van der Waals surface area (Å²) >= 11 is 2.73. The van der Waals surface area contributed by atoms with E-state index >= 15 is 0 Å². The van der Waals surface area contributed by atoms with Crippen LogP contribution in [-0.2, 0) is 0 Å². The van der Waals surface area contributed by atoms with E-state index in [1.807, 2.05) is 0 Å². The van der Waals surface area contributed by atoms with Gasteiger partial charge in [-0.1, -0.05) is 0 Å². The zero-order valence-corrected chi connectivity index (χ0v) is 8.21. The minimum atomic E-state index is -1.51. The fourth-order valence-corrected chi connectivity index (χ4v) is 1.33. The average Bonchev–Trinajstić information content (AvgIpc) is 2.08. The van der Waals surface area contributed by atoms with Crippen molar-refractivity contribution in [3.63, 3.8) is 0 Å². The molecule has 4 nitrogen and oxygen atoms in total. The van der Waals surface area contributed by atoms with Gasteiger partial charge in [0.15, 0.2) is 5.82 Å². The highest BCUT2D eigenvalue weighted by Gasteiger charge is 2.17. The molecule has 0 spiro atoms. The number of rotatable bonds is 2. The minimum Gasteiger partial charge on any atom is -0.478 e. The van der Waals surface area contributed by atoms with Crippen LogP contribution in [0.25, 0.3) is 0 Å². The molecule has 6 heteroatoms. The summed E-state index contributed by atoms with van der Waals surface area (Å²) in [5, 5.41) is 17.1. The molecule has 0 amide bonds. The highest BCUT2D eigenvalue weighted by Crippen LogP contribution is 2.21. The Kier molecular flexibility index (Phi) is 2.85. The molecule has 0 unspecified atom stereocenters. The second-order valence-corrected chi connectivity index (χ2v) is 3.28. The van der Waals surface area contributed by atoms with Gasteiger partial charge in [0.05, 0.1) is 15.6 Å². The molecule has 74 valence electrons. The SMILES string of the molecule is O=C(O)c1cc(Br)c(F)c(C(=O)O)c1. The zero-order chi connectivity index (χ0) is 10.9. The molecule has 0 atom stereocenters. The van der Waals surface area contributed by atoms with Gasteiger partial charge >= 0.3 is 11.9 Å². The predicted octanol–water partition coefficient (Wildman–Crippen LogP) is 1.98. The number of carbonyl (C=O) groups is 2. The lowest BCUT2D eigenvalue weighted by atomic mass is 10.1. The normalized spacial score (nSPS) is 9.86. The fraction of sp³-hybridized carbons (Fsp3) is 0. The van der Waals surface area contributed by atoms with E-state index in [1.54, 1.807) is 0 Å². The number of benzene rings is 1. The van der Waals surface area contributed by atoms with Gasteiger partial charge in [0.25, 0.3) is 0 Å². The van der Waals surface area contributed by atoms with Gasteiger partial charge in [-0.05, 0) is 28.1 Å². The molecule has 0 radical (unpaired) electrons. The van der Waals surface area contributed by atoms with Gasteiger partial charge in [-0.2, -0.15) is 0 Å². The first kappa shape index (κ1) is 10.6. The number of hydrogen-bond acceptors (Lipinski definition) is 2. The number of halogens is 2. The summed E-state index contributed by atoms with van der Waals surface area (Å²) in [4.78, 5) is 21.0. The predicted molar refractivity (Wildman–Crippen MR) is 48.0 cm³/mol. The van der Waals surface area contributed by atoms with Gasteiger partial charge in [0.1, 0.15) is 0 Å². The molecule has 14 heavy (non-hydrogen) atoms. The van der Waals surface area contributed by atoms with Crippen LogP contribution in [0.4, 0.5) is 4.39 Å². The van der Waals surface area contributed by atoms with Crippen molar-refractivity contribution in [3.05, 3.63) is 33.5 Å². The van der Waals surface area contributed by atoms with Crippen LogP contribution in [0.2, 0.25) is 0 Å². The van der Waals surface area contributed by atoms with Crippen LogP contribution in [0.3, 0.4) is 0 Å². The Morgan fingerprint density at radius 1 is 1.21 bits per heavy atom. The van der Waals surface area contributed by atoms with Crippen molar-refractivity contribution in [2.75, 3.05) is 0 Å². The van der Waals surface area contributed by atoms with Crippen molar-refractivity contribution in [1.82, 2.24) is 0 Å². The fourth-order valence-electron chi connectivity index (χ4n) is 0.868. The van der Waals surface area contributed by atoms with Crippen molar-refractivity contribution < 1.29 is 24.2 Å². The molecule has 0 heterocycles. The molecule has 0 aromatic heterocycles. The van der Waals surface area contributed by atoms with Crippen molar-refractivity contribution in [2.45, 2.75) is 0 Å². The first-order valence-corrected chi connectivity index (χ1v) is 4.18. The zero-order valence-electron chi connectivity index (χ0n) is 6.62. The van der Waals surface area contributed by atoms with Crippen molar-refractivity contribution in [3.8, 4) is 0 Å². The van der Waals surface area contributed by atoms with E-state index in [2.05, 4.69) is 15.9 Å². The summed E-state index contributed by atoms with van der Waals surface area (Å²) in [6, 6.07) is 1.77. The lowest BCUT2D eigenvalue weighted by molar-refractivity contribution is 0.0691. The van der Waals surface area contributed by atoms with Gasteiger partial charge in [-0.25, -0.2) is 14.0 Å². The summed E-state index contributed by atoms with van der Waals surface area (Å²) in [6.45, 7) is 0. The number of carboxylic acids is 2. The lowest BCUT2D eigenvalue weighted by Crippen LogP contribution is -2.05. The molecule has 0 aliphatic heterocycles. The number of carboxylic acid groups (broad SMARTS) is 2. The van der Waals surface area contributed by atoms with Crippen molar-refractivity contribution >= 4 is 27.9 Å². The quantitative estimate of drug-likeness (QED) is 0.855. The van der Waals surface area contributed by atoms with E-state index in [4.69, 9.17) is 10.2 Å². The highest BCUT2D eigenvalue weighted by atomic mass is 79.9. The van der Waals surface area contributed by atoms with E-state index in [0.717, 1.165) is 12.1 Å². The molecule has 1 rings (SSSR count). The minimum absolute atomic E-state index is 0.185. The molecule has 1 aromatic carbocycles. The molecular weight excluding hydrogens is 259 g/mol. The highest BCUT2D eigenvalue weighted by molar-refractivity contribution is 9.10. The summed E-state index contributed by atoms with van der Waals surface area (Å²) in [5.74, 6) is -3.80. The summed E-state index contributed by atoms with van der Waals surface area (Å²) < 4.78 is 12.9. The molecule has 0 saturated heterocycles. The monoisotopic (exact) mass is 262 g/mol. The van der Waals surface area contributed by atoms with Crippen LogP contribution in [0.15, 0.2) is 16.6 Å². The van der Waals surface area contributed by atoms with Crippen molar-refractivity contribution in [2.24, 2.45) is 0 Å². The van der Waals surface area contributed by atoms with Crippen LogP contribution in [-0.4, -0.2) is 22.2 Å². The Morgan fingerprint density at radius 3 is 2.21 bits per heavy atom. The number of aromatic carboxylic acids is 2. The Bertz CT molecular complexity index is 416. The Hall–Kier alpha value is -1.43.